The normalized spacial score (nSPS) is 13.8. The molecule has 0 radical (unpaired) electrons. The van der Waals surface area contributed by atoms with Gasteiger partial charge in [0.25, 0.3) is 0 Å². The molecule has 0 bridgehead atoms. The van der Waals surface area contributed by atoms with Crippen molar-refractivity contribution in [1.82, 2.24) is 0 Å². The van der Waals surface area contributed by atoms with Crippen LogP contribution in [0.25, 0.3) is 0 Å². The highest BCUT2D eigenvalue weighted by atomic mass is 35.5. The Morgan fingerprint density at radius 2 is 1.80 bits per heavy atom. The quantitative estimate of drug-likeness (QED) is 0.890. The summed E-state index contributed by atoms with van der Waals surface area (Å²) in [6.45, 7) is 1.96. The van der Waals surface area contributed by atoms with Crippen LogP contribution in [0.1, 0.15) is 25.0 Å². The minimum absolute atomic E-state index is 0.182. The van der Waals surface area contributed by atoms with Crippen molar-refractivity contribution in [2.75, 3.05) is 0 Å². The van der Waals surface area contributed by atoms with Crippen molar-refractivity contribution in [2.45, 2.75) is 25.5 Å². The van der Waals surface area contributed by atoms with E-state index < -0.39 is 11.9 Å². The molecule has 0 aliphatic heterocycles. The number of rotatable bonds is 5. The van der Waals surface area contributed by atoms with Crippen LogP contribution in [0.15, 0.2) is 48.5 Å². The fourth-order valence-electron chi connectivity index (χ4n) is 1.98. The van der Waals surface area contributed by atoms with E-state index in [0.717, 1.165) is 5.56 Å². The molecular weight excluding hydrogens is 277 g/mol. The van der Waals surface area contributed by atoms with Crippen molar-refractivity contribution < 1.29 is 9.13 Å². The third kappa shape index (κ3) is 3.30. The van der Waals surface area contributed by atoms with Crippen LogP contribution in [0.4, 0.5) is 4.39 Å². The Labute approximate surface area is 123 Å². The van der Waals surface area contributed by atoms with E-state index in [4.69, 9.17) is 22.1 Å². The van der Waals surface area contributed by atoms with Crippen LogP contribution in [0.2, 0.25) is 5.02 Å². The van der Waals surface area contributed by atoms with E-state index in [0.29, 0.717) is 11.4 Å². The molecule has 0 heterocycles. The van der Waals surface area contributed by atoms with E-state index >= 15 is 0 Å². The van der Waals surface area contributed by atoms with Crippen LogP contribution in [0.5, 0.6) is 5.75 Å². The number of ether oxygens (including phenoxy) is 1. The summed E-state index contributed by atoms with van der Waals surface area (Å²) >= 11 is 6.20. The molecular formula is C16H17ClFNO. The lowest BCUT2D eigenvalue weighted by atomic mass is 10.0. The van der Waals surface area contributed by atoms with Gasteiger partial charge in [-0.05, 0) is 24.6 Å². The average molecular weight is 294 g/mol. The number of para-hydroxylation sites is 1. The third-order valence-electron chi connectivity index (χ3n) is 3.16. The lowest BCUT2D eigenvalue weighted by Gasteiger charge is -2.25. The molecule has 0 spiro atoms. The van der Waals surface area contributed by atoms with E-state index in [9.17, 15) is 4.39 Å². The third-order valence-corrected chi connectivity index (χ3v) is 3.51. The Hall–Kier alpha value is -1.58. The number of hydrogen-bond donors (Lipinski definition) is 1. The van der Waals surface area contributed by atoms with Gasteiger partial charge in [-0.3, -0.25) is 0 Å². The molecule has 2 aromatic carbocycles. The maximum absolute atomic E-state index is 13.7. The first-order chi connectivity index (χ1) is 9.63. The molecule has 2 N–H and O–H groups in total. The molecule has 0 aromatic heterocycles. The summed E-state index contributed by atoms with van der Waals surface area (Å²) in [4.78, 5) is 0. The van der Waals surface area contributed by atoms with Crippen LogP contribution in [-0.4, -0.2) is 6.04 Å². The highest BCUT2D eigenvalue weighted by molar-refractivity contribution is 6.31. The Morgan fingerprint density at radius 3 is 2.45 bits per heavy atom. The second kappa shape index (κ2) is 6.73. The lowest BCUT2D eigenvalue weighted by Crippen LogP contribution is -2.31. The molecule has 0 saturated heterocycles. The summed E-state index contributed by atoms with van der Waals surface area (Å²) in [6.07, 6.45) is 0.218. The first-order valence-corrected chi connectivity index (χ1v) is 6.92. The van der Waals surface area contributed by atoms with Gasteiger partial charge in [-0.15, -0.1) is 0 Å². The van der Waals surface area contributed by atoms with Crippen LogP contribution >= 0.6 is 11.6 Å². The topological polar surface area (TPSA) is 35.2 Å². The van der Waals surface area contributed by atoms with Crippen LogP contribution in [0.3, 0.4) is 0 Å². The zero-order valence-corrected chi connectivity index (χ0v) is 12.0. The lowest BCUT2D eigenvalue weighted by molar-refractivity contribution is 0.164. The van der Waals surface area contributed by atoms with Gasteiger partial charge >= 0.3 is 0 Å². The summed E-state index contributed by atoms with van der Waals surface area (Å²) in [7, 11) is 0. The van der Waals surface area contributed by atoms with Crippen molar-refractivity contribution in [1.29, 1.82) is 0 Å². The maximum atomic E-state index is 13.7. The van der Waals surface area contributed by atoms with Crippen molar-refractivity contribution in [3.05, 3.63) is 64.9 Å². The first-order valence-electron chi connectivity index (χ1n) is 6.54. The average Bonchev–Trinajstić information content (AvgIpc) is 2.47. The smallest absolute Gasteiger partial charge is 0.165 e. The van der Waals surface area contributed by atoms with Gasteiger partial charge in [0.05, 0.1) is 0 Å². The molecule has 2 unspecified atom stereocenters. The number of benzene rings is 2. The van der Waals surface area contributed by atoms with Crippen LogP contribution in [0, 0.1) is 5.82 Å². The fourth-order valence-corrected chi connectivity index (χ4v) is 2.22. The molecule has 2 rings (SSSR count). The van der Waals surface area contributed by atoms with Gasteiger partial charge < -0.3 is 10.5 Å². The minimum atomic E-state index is -0.481. The summed E-state index contributed by atoms with van der Waals surface area (Å²) < 4.78 is 19.5. The molecule has 2 aromatic rings. The molecule has 4 heteroatoms. The Bertz CT molecular complexity index is 576. The molecule has 2 atom stereocenters. The largest absolute Gasteiger partial charge is 0.481 e. The maximum Gasteiger partial charge on any atom is 0.165 e. The van der Waals surface area contributed by atoms with E-state index in [1.807, 2.05) is 25.1 Å². The molecule has 20 heavy (non-hydrogen) atoms. The predicted molar refractivity (Wildman–Crippen MR) is 79.5 cm³/mol. The highest BCUT2D eigenvalue weighted by Gasteiger charge is 2.23. The van der Waals surface area contributed by atoms with Gasteiger partial charge in [-0.1, -0.05) is 48.9 Å². The monoisotopic (exact) mass is 293 g/mol. The van der Waals surface area contributed by atoms with Gasteiger partial charge in [0.1, 0.15) is 6.10 Å². The van der Waals surface area contributed by atoms with Crippen molar-refractivity contribution in [3.63, 3.8) is 0 Å². The molecule has 0 aliphatic rings. The Balaban J connectivity index is 2.35. The van der Waals surface area contributed by atoms with Crippen molar-refractivity contribution >= 4 is 11.6 Å². The molecule has 106 valence electrons. The van der Waals surface area contributed by atoms with Gasteiger partial charge in [0, 0.05) is 16.6 Å². The summed E-state index contributed by atoms with van der Waals surface area (Å²) in [5, 5.41) is 0.567. The Morgan fingerprint density at radius 1 is 1.15 bits per heavy atom. The predicted octanol–water partition coefficient (Wildman–Crippen LogP) is 4.34. The van der Waals surface area contributed by atoms with Crippen LogP contribution < -0.4 is 10.5 Å². The zero-order chi connectivity index (χ0) is 14.5. The molecule has 2 nitrogen and oxygen atoms in total. The second-order valence-corrected chi connectivity index (χ2v) is 4.97. The van der Waals surface area contributed by atoms with Crippen molar-refractivity contribution in [2.24, 2.45) is 5.73 Å². The highest BCUT2D eigenvalue weighted by Crippen LogP contribution is 2.31. The van der Waals surface area contributed by atoms with E-state index in [1.54, 1.807) is 24.3 Å². The zero-order valence-electron chi connectivity index (χ0n) is 11.2. The SMILES string of the molecule is CCC(N)C(Oc1ccccc1F)c1ccccc1Cl. The first kappa shape index (κ1) is 14.8. The number of halogens is 2. The van der Waals surface area contributed by atoms with Crippen LogP contribution in [-0.2, 0) is 0 Å². The fraction of sp³-hybridized carbons (Fsp3) is 0.250. The molecule has 0 saturated carbocycles. The summed E-state index contributed by atoms with van der Waals surface area (Å²) in [6, 6.07) is 13.3. The molecule has 0 aliphatic carbocycles. The van der Waals surface area contributed by atoms with E-state index in [2.05, 4.69) is 0 Å². The van der Waals surface area contributed by atoms with Gasteiger partial charge in [-0.2, -0.15) is 0 Å². The standard InChI is InChI=1S/C16H17ClFNO/c1-2-14(19)16(11-7-3-4-8-12(11)17)20-15-10-6-5-9-13(15)18/h3-10,14,16H,2,19H2,1H3. The van der Waals surface area contributed by atoms with Crippen molar-refractivity contribution in [3.8, 4) is 5.75 Å². The number of nitrogens with two attached hydrogens (primary N) is 1. The minimum Gasteiger partial charge on any atom is -0.481 e. The molecule has 0 amide bonds. The summed E-state index contributed by atoms with van der Waals surface area (Å²) in [5.41, 5.74) is 6.88. The molecule has 0 fully saturated rings. The summed E-state index contributed by atoms with van der Waals surface area (Å²) in [5.74, 6) is -0.228. The van der Waals surface area contributed by atoms with Gasteiger partial charge in [0.15, 0.2) is 11.6 Å². The second-order valence-electron chi connectivity index (χ2n) is 4.56. The van der Waals surface area contributed by atoms with E-state index in [1.165, 1.54) is 6.07 Å². The number of hydrogen-bond acceptors (Lipinski definition) is 2. The Kier molecular flexibility index (Phi) is 4.99. The van der Waals surface area contributed by atoms with E-state index in [-0.39, 0.29) is 11.8 Å². The van der Waals surface area contributed by atoms with Gasteiger partial charge in [-0.25, -0.2) is 4.39 Å². The van der Waals surface area contributed by atoms with Gasteiger partial charge in [0.2, 0.25) is 0 Å².